The summed E-state index contributed by atoms with van der Waals surface area (Å²) in [6.07, 6.45) is 3.54. The van der Waals surface area contributed by atoms with Crippen LogP contribution in [0.2, 0.25) is 10.6 Å². The van der Waals surface area contributed by atoms with E-state index in [0.717, 1.165) is 37.4 Å². The molecule has 0 saturated carbocycles. The highest BCUT2D eigenvalue weighted by Gasteiger charge is 2.49. The third-order valence-corrected chi connectivity index (χ3v) is 7.93. The van der Waals surface area contributed by atoms with E-state index in [1.165, 1.54) is 10.6 Å². The molecule has 2 heterocycles. The molecule has 0 aliphatic carbocycles. The number of nitrogens with zero attached hydrogens (tertiary/aromatic N) is 1. The van der Waals surface area contributed by atoms with Gasteiger partial charge in [-0.05, 0) is 26.2 Å². The zero-order valence-electron chi connectivity index (χ0n) is 15.6. The molecule has 3 atom stereocenters. The number of carbonyl (C=O) groups excluding carboxylic acids is 2. The molecule has 0 aromatic rings. The van der Waals surface area contributed by atoms with Crippen molar-refractivity contribution in [2.24, 2.45) is 17.8 Å². The topological polar surface area (TPSA) is 46.6 Å². The molecule has 2 fully saturated rings. The first-order valence-corrected chi connectivity index (χ1v) is 11.3. The van der Waals surface area contributed by atoms with E-state index in [0.29, 0.717) is 21.8 Å². The molecular formula is C18H34AlNO3. The second-order valence-corrected chi connectivity index (χ2v) is 9.52. The minimum atomic E-state index is -0.246. The standard InChI is InChI=1S/C10H15NO3.2C4H9.Al.H/c1-2-14-10(13)11-8-3-4-9(11)7(5-8)6-12;2*1-4(2)3;;/h6-9H,2-5H2,1H3;2*4H,1H2,2-3H3;;. The Morgan fingerprint density at radius 2 is 1.83 bits per heavy atom. The Labute approximate surface area is 148 Å². The number of rotatable bonds is 6. The minimum Gasteiger partial charge on any atom is -0.450 e. The lowest BCUT2D eigenvalue weighted by atomic mass is 9.90. The summed E-state index contributed by atoms with van der Waals surface area (Å²) in [6, 6.07) is 0.353. The Morgan fingerprint density at radius 3 is 2.26 bits per heavy atom. The van der Waals surface area contributed by atoms with E-state index >= 15 is 0 Å². The fraction of sp³-hybridized carbons (Fsp3) is 0.889. The monoisotopic (exact) mass is 339 g/mol. The Bertz CT molecular complexity index is 365. The zero-order valence-corrected chi connectivity index (χ0v) is 17.0. The average molecular weight is 339 g/mol. The van der Waals surface area contributed by atoms with Crippen molar-refractivity contribution in [3.05, 3.63) is 0 Å². The van der Waals surface area contributed by atoms with Gasteiger partial charge in [-0.3, -0.25) is 0 Å². The van der Waals surface area contributed by atoms with Crippen LogP contribution in [0, 0.1) is 17.8 Å². The van der Waals surface area contributed by atoms with Gasteiger partial charge in [-0.2, -0.15) is 0 Å². The van der Waals surface area contributed by atoms with Crippen molar-refractivity contribution in [2.45, 2.75) is 76.5 Å². The van der Waals surface area contributed by atoms with E-state index in [1.807, 2.05) is 0 Å². The molecule has 2 aliphatic heterocycles. The van der Waals surface area contributed by atoms with Gasteiger partial charge < -0.3 is 14.4 Å². The maximum Gasteiger partial charge on any atom is 0.410 e. The van der Waals surface area contributed by atoms with Gasteiger partial charge in [0.2, 0.25) is 15.2 Å². The third kappa shape index (κ3) is 6.47. The number of carbonyl (C=O) groups is 2. The lowest BCUT2D eigenvalue weighted by molar-refractivity contribution is -0.111. The van der Waals surface area contributed by atoms with Crippen LogP contribution < -0.4 is 0 Å². The van der Waals surface area contributed by atoms with E-state index in [4.69, 9.17) is 4.74 Å². The van der Waals surface area contributed by atoms with Crippen molar-refractivity contribution in [3.8, 4) is 0 Å². The maximum absolute atomic E-state index is 11.6. The molecule has 2 rings (SSSR count). The molecule has 0 N–H and O–H groups in total. The summed E-state index contributed by atoms with van der Waals surface area (Å²) in [5.74, 6) is 1.95. The number of ether oxygens (including phenoxy) is 1. The average Bonchev–Trinajstić information content (AvgIpc) is 3.04. The quantitative estimate of drug-likeness (QED) is 0.547. The van der Waals surface area contributed by atoms with Gasteiger partial charge in [-0.1, -0.05) is 50.1 Å². The van der Waals surface area contributed by atoms with Crippen molar-refractivity contribution in [1.82, 2.24) is 4.90 Å². The van der Waals surface area contributed by atoms with Crippen molar-refractivity contribution >= 4 is 27.6 Å². The highest BCUT2D eigenvalue weighted by atomic mass is 27.1. The summed E-state index contributed by atoms with van der Waals surface area (Å²) in [4.78, 5) is 24.1. The van der Waals surface area contributed by atoms with E-state index in [-0.39, 0.29) is 24.1 Å². The van der Waals surface area contributed by atoms with Crippen LogP contribution in [0.25, 0.3) is 0 Å². The number of aldehydes is 1. The summed E-state index contributed by atoms with van der Waals surface area (Å²) in [7, 11) is 0. The van der Waals surface area contributed by atoms with Crippen LogP contribution in [0.1, 0.15) is 53.9 Å². The highest BCUT2D eigenvalue weighted by Crippen LogP contribution is 2.40. The van der Waals surface area contributed by atoms with Crippen molar-refractivity contribution in [2.75, 3.05) is 6.61 Å². The first-order chi connectivity index (χ1) is 10.9. The number of fused-ring (bicyclic) bond motifs is 2. The molecule has 3 unspecified atom stereocenters. The van der Waals surface area contributed by atoms with Crippen molar-refractivity contribution < 1.29 is 14.3 Å². The van der Waals surface area contributed by atoms with Gasteiger partial charge in [-0.15, -0.1) is 0 Å². The zero-order chi connectivity index (χ0) is 17.4. The first kappa shape index (κ1) is 20.5. The van der Waals surface area contributed by atoms with Crippen LogP contribution in [-0.4, -0.2) is 51.2 Å². The van der Waals surface area contributed by atoms with Crippen LogP contribution in [0.5, 0.6) is 0 Å². The van der Waals surface area contributed by atoms with Crippen molar-refractivity contribution in [1.29, 1.82) is 0 Å². The summed E-state index contributed by atoms with van der Waals surface area (Å²) in [5.41, 5.74) is 0. The summed E-state index contributed by atoms with van der Waals surface area (Å²) >= 11 is 0.316. The molecule has 0 aromatic heterocycles. The number of hydrogen-bond donors (Lipinski definition) is 0. The molecule has 2 bridgehead atoms. The van der Waals surface area contributed by atoms with E-state index in [9.17, 15) is 9.59 Å². The molecule has 132 valence electrons. The van der Waals surface area contributed by atoms with E-state index in [1.54, 1.807) is 11.8 Å². The van der Waals surface area contributed by atoms with Crippen LogP contribution in [-0.2, 0) is 9.53 Å². The highest BCUT2D eigenvalue weighted by molar-refractivity contribution is 6.35. The van der Waals surface area contributed by atoms with Crippen LogP contribution in [0.4, 0.5) is 4.79 Å². The predicted octanol–water partition coefficient (Wildman–Crippen LogP) is 3.77. The fourth-order valence-electron chi connectivity index (χ4n) is 3.60. The van der Waals surface area contributed by atoms with Gasteiger partial charge in [0.25, 0.3) is 0 Å². The molecule has 2 saturated heterocycles. The molecule has 0 radical (unpaired) electrons. The number of hydrogen-bond acceptors (Lipinski definition) is 3. The van der Waals surface area contributed by atoms with E-state index < -0.39 is 0 Å². The van der Waals surface area contributed by atoms with Gasteiger partial charge in [0.1, 0.15) is 6.29 Å². The first-order valence-electron chi connectivity index (χ1n) is 9.31. The van der Waals surface area contributed by atoms with Crippen molar-refractivity contribution in [3.63, 3.8) is 0 Å². The fourth-order valence-corrected chi connectivity index (χ4v) is 5.47. The molecule has 0 spiro atoms. The third-order valence-electron chi connectivity index (χ3n) is 4.80. The summed E-state index contributed by atoms with van der Waals surface area (Å²) in [5, 5.41) is 3.08. The Morgan fingerprint density at radius 1 is 1.22 bits per heavy atom. The maximum atomic E-state index is 11.6. The molecule has 4 nitrogen and oxygen atoms in total. The molecular weight excluding hydrogens is 305 g/mol. The second-order valence-electron chi connectivity index (χ2n) is 7.66. The SMILES string of the molecule is CC(C)[CH2][AlH][CH2]C(C)C.CCOC(=O)N1C2CCC1C(C=O)C2. The van der Waals surface area contributed by atoms with Crippen LogP contribution in [0.3, 0.4) is 0 Å². The summed E-state index contributed by atoms with van der Waals surface area (Å²) < 4.78 is 4.97. The second kappa shape index (κ2) is 10.4. The van der Waals surface area contributed by atoms with E-state index in [2.05, 4.69) is 27.7 Å². The van der Waals surface area contributed by atoms with Gasteiger partial charge in [0.05, 0.1) is 6.61 Å². The Balaban J connectivity index is 0.000000257. The smallest absolute Gasteiger partial charge is 0.410 e. The lowest BCUT2D eigenvalue weighted by Crippen LogP contribution is -2.37. The Kier molecular flexibility index (Phi) is 9.24. The minimum absolute atomic E-state index is 0.0400. The lowest BCUT2D eigenvalue weighted by Gasteiger charge is -2.21. The molecule has 1 amide bonds. The normalized spacial score (nSPS) is 25.3. The number of amides is 1. The van der Waals surface area contributed by atoms with Crippen LogP contribution >= 0.6 is 0 Å². The van der Waals surface area contributed by atoms with Gasteiger partial charge in [0, 0.05) is 18.0 Å². The molecule has 23 heavy (non-hydrogen) atoms. The molecule has 2 aliphatic rings. The summed E-state index contributed by atoms with van der Waals surface area (Å²) in [6.45, 7) is 11.5. The van der Waals surface area contributed by atoms with Gasteiger partial charge in [-0.25, -0.2) is 4.79 Å². The predicted molar refractivity (Wildman–Crippen MR) is 96.3 cm³/mol. The van der Waals surface area contributed by atoms with Gasteiger partial charge in [0.15, 0.2) is 0 Å². The van der Waals surface area contributed by atoms with Crippen LogP contribution in [0.15, 0.2) is 0 Å². The largest absolute Gasteiger partial charge is 0.450 e. The van der Waals surface area contributed by atoms with Gasteiger partial charge >= 0.3 is 6.09 Å². The molecule has 5 heteroatoms. The molecule has 0 aromatic carbocycles. The Hall–Kier alpha value is -0.528.